The van der Waals surface area contributed by atoms with Crippen LogP contribution in [0.25, 0.3) is 11.1 Å². The number of amides is 1. The minimum absolute atomic E-state index is 0.0130. The van der Waals surface area contributed by atoms with E-state index in [1.54, 1.807) is 12.1 Å². The monoisotopic (exact) mass is 550 g/mol. The van der Waals surface area contributed by atoms with E-state index in [9.17, 15) is 30.0 Å². The highest BCUT2D eigenvalue weighted by Gasteiger charge is 2.45. The number of hydrogen-bond acceptors (Lipinski definition) is 11. The zero-order chi connectivity index (χ0) is 30.9. The van der Waals surface area contributed by atoms with Gasteiger partial charge < -0.3 is 49.4 Å². The Kier molecular flexibility index (Phi) is 7.42. The van der Waals surface area contributed by atoms with E-state index in [1.807, 2.05) is 0 Å². The van der Waals surface area contributed by atoms with Gasteiger partial charge in [-0.05, 0) is 47.7 Å². The molecule has 0 spiro atoms. The molecule has 0 saturated carbocycles. The molecule has 0 bridgehead atoms. The van der Waals surface area contributed by atoms with Crippen molar-refractivity contribution in [3.8, 4) is 34.1 Å². The van der Waals surface area contributed by atoms with E-state index >= 15 is 0 Å². The summed E-state index contributed by atoms with van der Waals surface area (Å²) in [6.07, 6.45) is -7.30. The third kappa shape index (κ3) is 5.38. The Morgan fingerprint density at radius 3 is 2.44 bits per heavy atom. The number of ether oxygens (including phenoxy) is 5. The van der Waals surface area contributed by atoms with Gasteiger partial charge in [0.1, 0.15) is 24.4 Å². The molecule has 4 rings (SSSR count). The first kappa shape index (κ1) is 24.6. The van der Waals surface area contributed by atoms with Crippen molar-refractivity contribution in [1.29, 1.82) is 0 Å². The van der Waals surface area contributed by atoms with Gasteiger partial charge in [-0.15, -0.1) is 0 Å². The number of carbonyl (C=O) groups is 1. The number of carbonyl (C=O) groups excluding carboxylic acids is 1. The van der Waals surface area contributed by atoms with Crippen LogP contribution in [-0.4, -0.2) is 85.0 Å². The van der Waals surface area contributed by atoms with E-state index in [1.165, 1.54) is 33.5 Å². The van der Waals surface area contributed by atoms with E-state index in [0.717, 1.165) is 0 Å². The summed E-state index contributed by atoms with van der Waals surface area (Å²) in [5.41, 5.74) is 1.30. The number of rotatable bonds is 7. The molecule has 1 amide bonds. The third-order valence-electron chi connectivity index (χ3n) is 6.90. The van der Waals surface area contributed by atoms with Gasteiger partial charge in [0.25, 0.3) is 0 Å². The number of benzene rings is 1. The van der Waals surface area contributed by atoms with Crippen molar-refractivity contribution in [2.24, 2.45) is 0 Å². The zero-order valence-electron chi connectivity index (χ0n) is 24.5. The van der Waals surface area contributed by atoms with Gasteiger partial charge in [-0.2, -0.15) is 0 Å². The molecular weight excluding hydrogens is 514 g/mol. The van der Waals surface area contributed by atoms with Crippen LogP contribution in [0.2, 0.25) is 0 Å². The summed E-state index contributed by atoms with van der Waals surface area (Å²) >= 11 is 0. The fourth-order valence-electron chi connectivity index (χ4n) is 5.00. The molecule has 212 valence electrons. The Hall–Kier alpha value is -3.42. The van der Waals surface area contributed by atoms with Crippen LogP contribution in [0.1, 0.15) is 34.6 Å². The highest BCUT2D eigenvalue weighted by molar-refractivity contribution is 5.83. The van der Waals surface area contributed by atoms with Crippen molar-refractivity contribution in [1.82, 2.24) is 5.32 Å². The van der Waals surface area contributed by atoms with Crippen LogP contribution in [0, 0.1) is 0 Å². The summed E-state index contributed by atoms with van der Waals surface area (Å²) in [7, 11) is 4.04. The lowest BCUT2D eigenvalue weighted by atomic mass is 9.95. The van der Waals surface area contributed by atoms with Crippen LogP contribution < -0.4 is 29.7 Å². The van der Waals surface area contributed by atoms with Crippen LogP contribution in [0.3, 0.4) is 0 Å². The molecule has 1 fully saturated rings. The van der Waals surface area contributed by atoms with Crippen molar-refractivity contribution in [3.05, 3.63) is 45.6 Å². The van der Waals surface area contributed by atoms with E-state index in [4.69, 9.17) is 27.8 Å². The van der Waals surface area contributed by atoms with Gasteiger partial charge in [-0.25, -0.2) is 0 Å². The number of methoxy groups -OCH3 is 3. The quantitative estimate of drug-likeness (QED) is 0.315. The minimum Gasteiger partial charge on any atom is -0.493 e. The van der Waals surface area contributed by atoms with Crippen LogP contribution in [0.5, 0.6) is 23.0 Å². The fraction of sp³-hybridized carbons (Fsp3) is 0.481. The fourth-order valence-corrected chi connectivity index (χ4v) is 5.00. The molecule has 12 heteroatoms. The van der Waals surface area contributed by atoms with Gasteiger partial charge in [0, 0.05) is 16.5 Å². The molecule has 2 aliphatic rings. The molecule has 2 aromatic carbocycles. The van der Waals surface area contributed by atoms with Crippen molar-refractivity contribution in [2.75, 3.05) is 27.9 Å². The summed E-state index contributed by atoms with van der Waals surface area (Å²) in [6.45, 7) is -3.58. The molecule has 0 unspecified atom stereocenters. The second kappa shape index (κ2) is 11.8. The molecule has 1 aliphatic carbocycles. The van der Waals surface area contributed by atoms with E-state index in [0.29, 0.717) is 22.3 Å². The van der Waals surface area contributed by atoms with Gasteiger partial charge in [-0.3, -0.25) is 9.59 Å². The molecular formula is C27H33NO11. The van der Waals surface area contributed by atoms with Gasteiger partial charge in [-0.1, -0.05) is 6.07 Å². The second-order valence-corrected chi connectivity index (χ2v) is 9.13. The van der Waals surface area contributed by atoms with Crippen molar-refractivity contribution in [3.63, 3.8) is 0 Å². The van der Waals surface area contributed by atoms with Crippen LogP contribution >= 0.6 is 0 Å². The Labute approximate surface area is 228 Å². The van der Waals surface area contributed by atoms with Crippen molar-refractivity contribution < 1.29 is 53.0 Å². The number of aliphatic hydroxyl groups excluding tert-OH is 4. The summed E-state index contributed by atoms with van der Waals surface area (Å²) in [6, 6.07) is 4.99. The molecule has 1 heterocycles. The summed E-state index contributed by atoms with van der Waals surface area (Å²) in [5.74, 6) is -0.960. The maximum absolute atomic E-state index is 12.9. The predicted molar refractivity (Wildman–Crippen MR) is 137 cm³/mol. The van der Waals surface area contributed by atoms with Gasteiger partial charge in [0.15, 0.2) is 17.2 Å². The smallest absolute Gasteiger partial charge is 0.229 e. The lowest BCUT2D eigenvalue weighted by Gasteiger charge is -2.39. The Balaban J connectivity index is 1.89. The first-order valence-electron chi connectivity index (χ1n) is 13.6. The molecule has 0 radical (unpaired) electrons. The molecule has 0 aromatic heterocycles. The number of hydrogen-bond donors (Lipinski definition) is 5. The average molecular weight is 551 g/mol. The number of fused-ring (bicyclic) bond motifs is 3. The lowest BCUT2D eigenvalue weighted by molar-refractivity contribution is -0.277. The Bertz CT molecular complexity index is 1380. The molecule has 12 nitrogen and oxygen atoms in total. The predicted octanol–water partition coefficient (Wildman–Crippen LogP) is 0.0417. The molecule has 1 saturated heterocycles. The Morgan fingerprint density at radius 2 is 1.79 bits per heavy atom. The standard InChI is InChI=1S/C27H33NO11/c1-12(30)28-16-7-5-13-9-19(38-27-24(34)23(33)22(32)20(11-29)39-27)25(36-3)26(37-4)21(13)14-6-8-18(35-2)17(31)10-15(14)16/h6,8-10,16,20,22-24,27,29,32-34H,5,7,11H2,1-4H3,(H,28,30)/t16-,20+,22+,23-,24+,27+/m0/s1/i1D3. The highest BCUT2D eigenvalue weighted by atomic mass is 16.7. The summed E-state index contributed by atoms with van der Waals surface area (Å²) in [4.78, 5) is 25.5. The number of nitrogens with one attached hydrogen (secondary N) is 1. The van der Waals surface area contributed by atoms with E-state index < -0.39 is 61.5 Å². The van der Waals surface area contributed by atoms with E-state index in [2.05, 4.69) is 5.32 Å². The molecule has 1 aliphatic heterocycles. The number of aliphatic hydroxyl groups is 4. The maximum atomic E-state index is 12.9. The van der Waals surface area contributed by atoms with E-state index in [-0.39, 0.29) is 35.8 Å². The van der Waals surface area contributed by atoms with Gasteiger partial charge in [0.05, 0.1) is 34.0 Å². The number of aryl methyl sites for hydroxylation is 1. The third-order valence-corrected chi connectivity index (χ3v) is 6.90. The van der Waals surface area contributed by atoms with Crippen LogP contribution in [0.4, 0.5) is 0 Å². The normalized spacial score (nSPS) is 27.4. The van der Waals surface area contributed by atoms with Crippen LogP contribution in [0.15, 0.2) is 29.1 Å². The first-order valence-corrected chi connectivity index (χ1v) is 12.1. The minimum atomic E-state index is -2.93. The average Bonchev–Trinajstić information content (AvgIpc) is 3.20. The molecule has 39 heavy (non-hydrogen) atoms. The SMILES string of the molecule is [2H]C([2H])([2H])C(=O)N[C@H]1CCc2cc(O[C@@H]3O[C@H](CO)[C@@H](O)[C@H](O)[C@H]3O)c(OC)c(OC)c2-c2ccc(OC)c(=O)cc21. The van der Waals surface area contributed by atoms with Gasteiger partial charge >= 0.3 is 0 Å². The molecule has 2 aromatic rings. The molecule has 6 atom stereocenters. The topological polar surface area (TPSA) is 173 Å². The largest absolute Gasteiger partial charge is 0.493 e. The second-order valence-electron chi connectivity index (χ2n) is 9.13. The summed E-state index contributed by atoms with van der Waals surface area (Å²) < 4.78 is 50.5. The zero-order valence-corrected chi connectivity index (χ0v) is 21.5. The highest BCUT2D eigenvalue weighted by Crippen LogP contribution is 2.50. The maximum Gasteiger partial charge on any atom is 0.229 e. The molecule has 5 N–H and O–H groups in total. The summed E-state index contributed by atoms with van der Waals surface area (Å²) in [5, 5.41) is 43.0. The van der Waals surface area contributed by atoms with Crippen LogP contribution in [-0.2, 0) is 16.0 Å². The van der Waals surface area contributed by atoms with Crippen molar-refractivity contribution in [2.45, 2.75) is 56.4 Å². The Morgan fingerprint density at radius 1 is 1.05 bits per heavy atom. The lowest BCUT2D eigenvalue weighted by Crippen LogP contribution is -2.60. The first-order chi connectivity index (χ1) is 19.9. The van der Waals surface area contributed by atoms with Crippen molar-refractivity contribution >= 4 is 5.91 Å². The van der Waals surface area contributed by atoms with Gasteiger partial charge in [0.2, 0.25) is 23.4 Å².